The minimum Gasteiger partial charge on any atom is -0.349 e. The number of carbonyl (C=O) groups is 1. The summed E-state index contributed by atoms with van der Waals surface area (Å²) in [5.74, 6) is 0.602. The lowest BCUT2D eigenvalue weighted by Crippen LogP contribution is -2.41. The number of carbonyl (C=O) groups excluding carboxylic acids is 1. The Bertz CT molecular complexity index is 447. The van der Waals surface area contributed by atoms with E-state index in [4.69, 9.17) is 0 Å². The van der Waals surface area contributed by atoms with Crippen molar-refractivity contribution in [3.63, 3.8) is 0 Å². The van der Waals surface area contributed by atoms with Crippen LogP contribution in [-0.4, -0.2) is 11.9 Å². The molecule has 1 aliphatic rings. The van der Waals surface area contributed by atoms with Crippen molar-refractivity contribution >= 4 is 37.8 Å². The van der Waals surface area contributed by atoms with Crippen LogP contribution in [0.2, 0.25) is 0 Å². The molecule has 1 amide bonds. The summed E-state index contributed by atoms with van der Waals surface area (Å²) in [7, 11) is 0. The van der Waals surface area contributed by atoms with E-state index < -0.39 is 0 Å². The second-order valence-corrected chi connectivity index (χ2v) is 6.74. The first-order valence-electron chi connectivity index (χ1n) is 6.34. The van der Waals surface area contributed by atoms with Crippen molar-refractivity contribution in [2.75, 3.05) is 0 Å². The molecule has 2 nitrogen and oxygen atoms in total. The average Bonchev–Trinajstić information content (AvgIpc) is 2.32. The summed E-state index contributed by atoms with van der Waals surface area (Å²) in [6.45, 7) is 2.22. The van der Waals surface area contributed by atoms with Gasteiger partial charge in [-0.05, 0) is 52.9 Å². The maximum atomic E-state index is 12.2. The third kappa shape index (κ3) is 3.35. The largest absolute Gasteiger partial charge is 0.349 e. The van der Waals surface area contributed by atoms with Crippen molar-refractivity contribution in [3.05, 3.63) is 32.7 Å². The maximum Gasteiger partial charge on any atom is 0.252 e. The highest BCUT2D eigenvalue weighted by atomic mass is 79.9. The van der Waals surface area contributed by atoms with Crippen molar-refractivity contribution in [1.82, 2.24) is 5.32 Å². The Labute approximate surface area is 125 Å². The van der Waals surface area contributed by atoms with Crippen LogP contribution in [0.4, 0.5) is 0 Å². The smallest absolute Gasteiger partial charge is 0.252 e. The van der Waals surface area contributed by atoms with Crippen molar-refractivity contribution in [3.8, 4) is 0 Å². The van der Waals surface area contributed by atoms with E-state index in [9.17, 15) is 4.79 Å². The number of rotatable bonds is 2. The molecule has 2 unspecified atom stereocenters. The Hall–Kier alpha value is -0.350. The monoisotopic (exact) mass is 373 g/mol. The second kappa shape index (κ2) is 6.20. The molecule has 0 aliphatic heterocycles. The summed E-state index contributed by atoms with van der Waals surface area (Å²) in [4.78, 5) is 12.2. The van der Waals surface area contributed by atoms with Gasteiger partial charge in [-0.15, -0.1) is 0 Å². The highest BCUT2D eigenvalue weighted by Crippen LogP contribution is 2.26. The zero-order valence-corrected chi connectivity index (χ0v) is 13.6. The first-order valence-corrected chi connectivity index (χ1v) is 7.92. The highest BCUT2D eigenvalue weighted by molar-refractivity contribution is 9.11. The lowest BCUT2D eigenvalue weighted by molar-refractivity contribution is 0.0909. The SMILES string of the molecule is CC1CCCCC1NC(=O)c1ccc(Br)cc1Br. The lowest BCUT2D eigenvalue weighted by Gasteiger charge is -2.29. The van der Waals surface area contributed by atoms with Gasteiger partial charge in [0.05, 0.1) is 5.56 Å². The third-order valence-electron chi connectivity index (χ3n) is 3.60. The molecule has 0 radical (unpaired) electrons. The van der Waals surface area contributed by atoms with Crippen LogP contribution in [0.15, 0.2) is 27.1 Å². The number of benzene rings is 1. The second-order valence-electron chi connectivity index (χ2n) is 4.97. The van der Waals surface area contributed by atoms with Crippen LogP contribution in [0, 0.1) is 5.92 Å². The minimum absolute atomic E-state index is 0.0214. The highest BCUT2D eigenvalue weighted by Gasteiger charge is 2.23. The van der Waals surface area contributed by atoms with E-state index in [1.165, 1.54) is 19.3 Å². The summed E-state index contributed by atoms with van der Waals surface area (Å²) in [5, 5.41) is 3.16. The van der Waals surface area contributed by atoms with Crippen molar-refractivity contribution in [2.24, 2.45) is 5.92 Å². The Morgan fingerprint density at radius 1 is 1.28 bits per heavy atom. The van der Waals surface area contributed by atoms with E-state index in [1.807, 2.05) is 18.2 Å². The molecular formula is C14H17Br2NO. The van der Waals surface area contributed by atoms with E-state index in [0.29, 0.717) is 17.5 Å². The van der Waals surface area contributed by atoms with Crippen molar-refractivity contribution in [2.45, 2.75) is 38.6 Å². The summed E-state index contributed by atoms with van der Waals surface area (Å²) in [5.41, 5.74) is 0.705. The molecule has 98 valence electrons. The molecule has 1 aromatic rings. The molecule has 2 rings (SSSR count). The fourth-order valence-electron chi connectivity index (χ4n) is 2.45. The van der Waals surface area contributed by atoms with Gasteiger partial charge in [0.2, 0.25) is 0 Å². The summed E-state index contributed by atoms with van der Waals surface area (Å²) < 4.78 is 1.80. The Balaban J connectivity index is 2.07. The van der Waals surface area contributed by atoms with Crippen LogP contribution in [0.1, 0.15) is 43.0 Å². The van der Waals surface area contributed by atoms with E-state index >= 15 is 0 Å². The minimum atomic E-state index is 0.0214. The molecule has 1 fully saturated rings. The maximum absolute atomic E-state index is 12.2. The van der Waals surface area contributed by atoms with E-state index in [-0.39, 0.29) is 5.91 Å². The van der Waals surface area contributed by atoms with Gasteiger partial charge in [0.15, 0.2) is 0 Å². The first kappa shape index (κ1) is 14.1. The van der Waals surface area contributed by atoms with Crippen LogP contribution in [0.5, 0.6) is 0 Å². The molecule has 0 heterocycles. The van der Waals surface area contributed by atoms with Crippen molar-refractivity contribution in [1.29, 1.82) is 0 Å². The van der Waals surface area contributed by atoms with Gasteiger partial charge >= 0.3 is 0 Å². The summed E-state index contributed by atoms with van der Waals surface area (Å²) in [6, 6.07) is 5.96. The predicted molar refractivity (Wildman–Crippen MR) is 80.7 cm³/mol. The molecule has 4 heteroatoms. The van der Waals surface area contributed by atoms with Gasteiger partial charge < -0.3 is 5.32 Å². The topological polar surface area (TPSA) is 29.1 Å². The zero-order chi connectivity index (χ0) is 13.1. The average molecular weight is 375 g/mol. The predicted octanol–water partition coefficient (Wildman–Crippen LogP) is 4.52. The summed E-state index contributed by atoms with van der Waals surface area (Å²) in [6.07, 6.45) is 4.82. The third-order valence-corrected chi connectivity index (χ3v) is 4.75. The zero-order valence-electron chi connectivity index (χ0n) is 10.4. The molecule has 0 spiro atoms. The van der Waals surface area contributed by atoms with E-state index in [1.54, 1.807) is 0 Å². The molecule has 0 aromatic heterocycles. The van der Waals surface area contributed by atoms with Gasteiger partial charge in [0.1, 0.15) is 0 Å². The Morgan fingerprint density at radius 2 is 2.00 bits per heavy atom. The normalized spacial score (nSPS) is 23.7. The molecule has 18 heavy (non-hydrogen) atoms. The van der Waals surface area contributed by atoms with E-state index in [2.05, 4.69) is 44.1 Å². The quantitative estimate of drug-likeness (QED) is 0.809. The number of amides is 1. The van der Waals surface area contributed by atoms with Crippen LogP contribution in [0.25, 0.3) is 0 Å². The van der Waals surface area contributed by atoms with Crippen LogP contribution >= 0.6 is 31.9 Å². The van der Waals surface area contributed by atoms with Gasteiger partial charge in [0.25, 0.3) is 5.91 Å². The van der Waals surface area contributed by atoms with Crippen LogP contribution in [-0.2, 0) is 0 Å². The van der Waals surface area contributed by atoms with Gasteiger partial charge in [-0.3, -0.25) is 4.79 Å². The van der Waals surface area contributed by atoms with Gasteiger partial charge in [0, 0.05) is 15.0 Å². The molecule has 1 saturated carbocycles. The van der Waals surface area contributed by atoms with E-state index in [0.717, 1.165) is 15.4 Å². The number of halogens is 2. The van der Waals surface area contributed by atoms with Gasteiger partial charge in [-0.2, -0.15) is 0 Å². The fraction of sp³-hybridized carbons (Fsp3) is 0.500. The van der Waals surface area contributed by atoms with Gasteiger partial charge in [-0.1, -0.05) is 35.7 Å². The van der Waals surface area contributed by atoms with Gasteiger partial charge in [-0.25, -0.2) is 0 Å². The first-order chi connectivity index (χ1) is 8.58. The standard InChI is InChI=1S/C14H17Br2NO/c1-9-4-2-3-5-13(9)17-14(18)11-7-6-10(15)8-12(11)16/h6-9,13H,2-5H2,1H3,(H,17,18). The molecular weight excluding hydrogens is 358 g/mol. The Kier molecular flexibility index (Phi) is 4.84. The Morgan fingerprint density at radius 3 is 2.67 bits per heavy atom. The number of hydrogen-bond donors (Lipinski definition) is 1. The number of hydrogen-bond acceptors (Lipinski definition) is 1. The fourth-order valence-corrected chi connectivity index (χ4v) is 3.68. The van der Waals surface area contributed by atoms with Crippen LogP contribution in [0.3, 0.4) is 0 Å². The van der Waals surface area contributed by atoms with Crippen LogP contribution < -0.4 is 5.32 Å². The molecule has 2 atom stereocenters. The molecule has 1 aliphatic carbocycles. The lowest BCUT2D eigenvalue weighted by atomic mass is 9.86. The summed E-state index contributed by atoms with van der Waals surface area (Å²) >= 11 is 6.83. The molecule has 0 saturated heterocycles. The molecule has 1 aromatic carbocycles. The molecule has 0 bridgehead atoms. The molecule has 1 N–H and O–H groups in total. The van der Waals surface area contributed by atoms with Crippen molar-refractivity contribution < 1.29 is 4.79 Å². The number of nitrogens with one attached hydrogen (secondary N) is 1.